The number of nitro groups is 1. The van der Waals surface area contributed by atoms with E-state index in [1.54, 1.807) is 0 Å². The summed E-state index contributed by atoms with van der Waals surface area (Å²) >= 11 is 13.3. The smallest absolute Gasteiger partial charge is 0.294 e. The number of hydrogen-bond acceptors (Lipinski definition) is 4. The fourth-order valence-corrected chi connectivity index (χ4v) is 2.76. The van der Waals surface area contributed by atoms with Gasteiger partial charge in [-0.05, 0) is 33.7 Å². The molecule has 0 spiro atoms. The van der Waals surface area contributed by atoms with E-state index in [1.165, 1.54) is 17.0 Å². The van der Waals surface area contributed by atoms with E-state index in [4.69, 9.17) is 11.6 Å². The number of hydrogen-bond donors (Lipinski definition) is 1. The van der Waals surface area contributed by atoms with Gasteiger partial charge in [-0.25, -0.2) is 0 Å². The first-order chi connectivity index (χ1) is 8.93. The number of rotatable bonds is 3. The Kier molecular flexibility index (Phi) is 4.37. The molecule has 1 unspecified atom stereocenters. The third kappa shape index (κ3) is 2.88. The topological polar surface area (TPSA) is 63.5 Å². The zero-order valence-corrected chi connectivity index (χ0v) is 12.9. The Morgan fingerprint density at radius 2 is 2.26 bits per heavy atom. The van der Waals surface area contributed by atoms with Crippen LogP contribution >= 0.6 is 40.2 Å². The molecule has 1 heterocycles. The summed E-state index contributed by atoms with van der Waals surface area (Å²) in [4.78, 5) is 23.9. The van der Waals surface area contributed by atoms with Crippen molar-refractivity contribution in [3.05, 3.63) is 31.7 Å². The highest BCUT2D eigenvalue weighted by Crippen LogP contribution is 2.38. The van der Waals surface area contributed by atoms with Crippen LogP contribution in [0, 0.1) is 16.0 Å². The molecule has 0 radical (unpaired) electrons. The summed E-state index contributed by atoms with van der Waals surface area (Å²) in [6, 6.07) is 2.77. The number of amides is 1. The highest BCUT2D eigenvalue weighted by atomic mass is 79.9. The van der Waals surface area contributed by atoms with Crippen LogP contribution in [0.25, 0.3) is 0 Å². The molecule has 1 atom stereocenters. The molecular weight excluding hydrogens is 356 g/mol. The van der Waals surface area contributed by atoms with E-state index in [2.05, 4.69) is 28.6 Å². The minimum atomic E-state index is -0.516. The maximum Gasteiger partial charge on any atom is 0.294 e. The van der Waals surface area contributed by atoms with Gasteiger partial charge in [-0.15, -0.1) is 0 Å². The van der Waals surface area contributed by atoms with Gasteiger partial charge in [0, 0.05) is 23.5 Å². The van der Waals surface area contributed by atoms with Gasteiger partial charge in [0.15, 0.2) is 0 Å². The van der Waals surface area contributed by atoms with Gasteiger partial charge in [-0.1, -0.05) is 11.6 Å². The van der Waals surface area contributed by atoms with Crippen molar-refractivity contribution in [1.82, 2.24) is 0 Å². The van der Waals surface area contributed by atoms with E-state index in [9.17, 15) is 14.9 Å². The Morgan fingerprint density at radius 3 is 2.79 bits per heavy atom. The molecule has 1 fully saturated rings. The monoisotopic (exact) mass is 364 g/mol. The predicted molar refractivity (Wildman–Crippen MR) is 80.1 cm³/mol. The number of nitrogens with zero attached hydrogens (tertiary/aromatic N) is 2. The molecule has 1 aliphatic rings. The van der Waals surface area contributed by atoms with Gasteiger partial charge < -0.3 is 4.90 Å². The Hall–Kier alpha value is -0.790. The van der Waals surface area contributed by atoms with E-state index in [0.29, 0.717) is 28.2 Å². The van der Waals surface area contributed by atoms with E-state index < -0.39 is 4.92 Å². The Labute approximate surface area is 128 Å². The lowest BCUT2D eigenvalue weighted by atomic mass is 10.1. The van der Waals surface area contributed by atoms with Gasteiger partial charge in [0.25, 0.3) is 5.69 Å². The van der Waals surface area contributed by atoms with Crippen molar-refractivity contribution in [3.8, 4) is 0 Å². The molecule has 1 aromatic rings. The van der Waals surface area contributed by atoms with Crippen LogP contribution in [0.15, 0.2) is 16.6 Å². The Bertz CT molecular complexity index is 555. The normalized spacial score (nSPS) is 19.0. The van der Waals surface area contributed by atoms with Gasteiger partial charge in [-0.3, -0.25) is 14.9 Å². The second-order valence-corrected chi connectivity index (χ2v) is 5.90. The fraction of sp³-hybridized carbons (Fsp3) is 0.364. The highest BCUT2D eigenvalue weighted by molar-refractivity contribution is 9.10. The van der Waals surface area contributed by atoms with Crippen LogP contribution in [0.4, 0.5) is 11.4 Å². The van der Waals surface area contributed by atoms with Gasteiger partial charge in [-0.2, -0.15) is 12.6 Å². The van der Waals surface area contributed by atoms with E-state index >= 15 is 0 Å². The summed E-state index contributed by atoms with van der Waals surface area (Å²) < 4.78 is 0.432. The molecular formula is C11H10BrClN2O3S. The lowest BCUT2D eigenvalue weighted by Gasteiger charge is -2.17. The van der Waals surface area contributed by atoms with Crippen LogP contribution in [-0.2, 0) is 4.79 Å². The third-order valence-corrected chi connectivity index (χ3v) is 4.68. The number of carbonyl (C=O) groups is 1. The maximum absolute atomic E-state index is 11.9. The van der Waals surface area contributed by atoms with Crippen molar-refractivity contribution in [2.75, 3.05) is 17.2 Å². The molecule has 1 amide bonds. The standard InChI is InChI=1S/C11H10BrClN2O3S/c12-7-2-10(15(17)18)9(3-8(7)13)14-4-6(5-19)1-11(14)16/h2-3,6,19H,1,4-5H2. The zero-order valence-electron chi connectivity index (χ0n) is 9.68. The second-order valence-electron chi connectivity index (χ2n) is 4.27. The molecule has 0 bridgehead atoms. The van der Waals surface area contributed by atoms with Crippen LogP contribution < -0.4 is 4.90 Å². The molecule has 2 rings (SSSR count). The van der Waals surface area contributed by atoms with Crippen LogP contribution in [-0.4, -0.2) is 23.1 Å². The Morgan fingerprint density at radius 1 is 1.58 bits per heavy atom. The van der Waals surface area contributed by atoms with Crippen molar-refractivity contribution >= 4 is 57.4 Å². The number of anilines is 1. The second kappa shape index (κ2) is 5.68. The SMILES string of the molecule is O=C1CC(CS)CN1c1cc(Cl)c(Br)cc1[N+](=O)[O-]. The number of halogens is 2. The lowest BCUT2D eigenvalue weighted by molar-refractivity contribution is -0.384. The molecule has 1 saturated heterocycles. The molecule has 1 aliphatic heterocycles. The molecule has 1 aromatic carbocycles. The first-order valence-electron chi connectivity index (χ1n) is 5.48. The van der Waals surface area contributed by atoms with E-state index in [-0.39, 0.29) is 23.2 Å². The van der Waals surface area contributed by atoms with Gasteiger partial charge in [0.1, 0.15) is 5.69 Å². The molecule has 8 heteroatoms. The van der Waals surface area contributed by atoms with Crippen molar-refractivity contribution in [3.63, 3.8) is 0 Å². The summed E-state index contributed by atoms with van der Waals surface area (Å²) in [7, 11) is 0. The Balaban J connectivity index is 2.47. The molecule has 0 aliphatic carbocycles. The number of carbonyl (C=O) groups excluding carboxylic acids is 1. The van der Waals surface area contributed by atoms with Gasteiger partial charge in [0.2, 0.25) is 5.91 Å². The number of nitro benzene ring substituents is 1. The maximum atomic E-state index is 11.9. The third-order valence-electron chi connectivity index (χ3n) is 2.97. The lowest BCUT2D eigenvalue weighted by Crippen LogP contribution is -2.25. The van der Waals surface area contributed by atoms with Crippen LogP contribution in [0.2, 0.25) is 5.02 Å². The minimum absolute atomic E-state index is 0.109. The molecule has 102 valence electrons. The first kappa shape index (κ1) is 14.6. The number of thiol groups is 1. The number of benzene rings is 1. The molecule has 0 saturated carbocycles. The van der Waals surface area contributed by atoms with Gasteiger partial charge >= 0.3 is 0 Å². The highest BCUT2D eigenvalue weighted by Gasteiger charge is 2.34. The van der Waals surface area contributed by atoms with Gasteiger partial charge in [0.05, 0.1) is 9.95 Å². The average molecular weight is 366 g/mol. The molecule has 5 nitrogen and oxygen atoms in total. The average Bonchev–Trinajstić information content (AvgIpc) is 2.73. The summed E-state index contributed by atoms with van der Waals surface area (Å²) in [5, 5.41) is 11.4. The van der Waals surface area contributed by atoms with Crippen LogP contribution in [0.3, 0.4) is 0 Å². The molecule has 0 N–H and O–H groups in total. The fourth-order valence-electron chi connectivity index (χ4n) is 2.02. The van der Waals surface area contributed by atoms with Crippen LogP contribution in [0.1, 0.15) is 6.42 Å². The quantitative estimate of drug-likeness (QED) is 0.508. The largest absolute Gasteiger partial charge is 0.306 e. The minimum Gasteiger partial charge on any atom is -0.306 e. The summed E-state index contributed by atoms with van der Waals surface area (Å²) in [6.45, 7) is 0.432. The van der Waals surface area contributed by atoms with Crippen LogP contribution in [0.5, 0.6) is 0 Å². The van der Waals surface area contributed by atoms with Crippen molar-refractivity contribution in [1.29, 1.82) is 0 Å². The summed E-state index contributed by atoms with van der Waals surface area (Å²) in [5.74, 6) is 0.540. The summed E-state index contributed by atoms with van der Waals surface area (Å²) in [5.41, 5.74) is 0.108. The molecule has 19 heavy (non-hydrogen) atoms. The van der Waals surface area contributed by atoms with E-state index in [1.807, 2.05) is 0 Å². The zero-order chi connectivity index (χ0) is 14.2. The predicted octanol–water partition coefficient (Wildman–Crippen LogP) is 3.29. The van der Waals surface area contributed by atoms with E-state index in [0.717, 1.165) is 0 Å². The summed E-state index contributed by atoms with van der Waals surface area (Å²) in [6.07, 6.45) is 0.355. The van der Waals surface area contributed by atoms with Crippen molar-refractivity contribution in [2.45, 2.75) is 6.42 Å². The van der Waals surface area contributed by atoms with Crippen molar-refractivity contribution < 1.29 is 9.72 Å². The molecule has 0 aromatic heterocycles. The first-order valence-corrected chi connectivity index (χ1v) is 7.29. The van der Waals surface area contributed by atoms with Crippen molar-refractivity contribution in [2.24, 2.45) is 5.92 Å².